The first-order chi connectivity index (χ1) is 12.4. The zero-order valence-electron chi connectivity index (χ0n) is 17.0. The fraction of sp³-hybridized carbons (Fsp3) is 0.455. The molecule has 0 aliphatic carbocycles. The van der Waals surface area contributed by atoms with Crippen molar-refractivity contribution in [2.45, 2.75) is 52.9 Å². The van der Waals surface area contributed by atoms with E-state index < -0.39 is 0 Å². The van der Waals surface area contributed by atoms with Crippen molar-refractivity contribution in [1.82, 2.24) is 14.5 Å². The van der Waals surface area contributed by atoms with Crippen molar-refractivity contribution in [3.8, 4) is 11.3 Å². The number of fused-ring (bicyclic) bond motifs is 1. The quantitative estimate of drug-likeness (QED) is 0.662. The summed E-state index contributed by atoms with van der Waals surface area (Å²) in [4.78, 5) is 9.91. The molecule has 0 fully saturated rings. The van der Waals surface area contributed by atoms with Gasteiger partial charge >= 0.3 is 0 Å². The standard InChI is InChI=1S/C22H30N4/c1-8-15-11-17-18(13(2)3)12-26(7)22(17)25-20(15)16-9-10-19(14(4)5)24-21(16)23-6/h9-14H,8H2,1-7H3,(H,23,24). The van der Waals surface area contributed by atoms with Crippen molar-refractivity contribution in [2.24, 2.45) is 7.05 Å². The molecular weight excluding hydrogens is 320 g/mol. The van der Waals surface area contributed by atoms with Crippen LogP contribution in [-0.4, -0.2) is 21.6 Å². The summed E-state index contributed by atoms with van der Waals surface area (Å²) in [5.74, 6) is 1.78. The molecule has 0 amide bonds. The zero-order valence-corrected chi connectivity index (χ0v) is 17.0. The molecule has 3 aromatic rings. The maximum atomic E-state index is 5.08. The molecule has 3 aromatic heterocycles. The number of hydrogen-bond acceptors (Lipinski definition) is 3. The summed E-state index contributed by atoms with van der Waals surface area (Å²) in [5.41, 5.74) is 6.86. The lowest BCUT2D eigenvalue weighted by Crippen LogP contribution is -2.03. The number of aromatic nitrogens is 3. The lowest BCUT2D eigenvalue weighted by molar-refractivity contribution is 0.824. The van der Waals surface area contributed by atoms with Gasteiger partial charge < -0.3 is 9.88 Å². The van der Waals surface area contributed by atoms with Gasteiger partial charge in [-0.05, 0) is 47.6 Å². The van der Waals surface area contributed by atoms with E-state index in [1.165, 1.54) is 16.5 Å². The van der Waals surface area contributed by atoms with Gasteiger partial charge in [0.05, 0.1) is 5.69 Å². The van der Waals surface area contributed by atoms with Gasteiger partial charge in [0.25, 0.3) is 0 Å². The molecule has 0 aliphatic rings. The van der Waals surface area contributed by atoms with Gasteiger partial charge in [-0.2, -0.15) is 0 Å². The van der Waals surface area contributed by atoms with Crippen LogP contribution in [0, 0.1) is 0 Å². The third-order valence-corrected chi connectivity index (χ3v) is 5.06. The maximum absolute atomic E-state index is 5.08. The second kappa shape index (κ2) is 7.10. The number of aryl methyl sites for hydroxylation is 2. The Morgan fingerprint density at radius 1 is 1.08 bits per heavy atom. The molecule has 4 nitrogen and oxygen atoms in total. The highest BCUT2D eigenvalue weighted by molar-refractivity contribution is 5.87. The third-order valence-electron chi connectivity index (χ3n) is 5.06. The molecule has 0 saturated heterocycles. The lowest BCUT2D eigenvalue weighted by atomic mass is 9.98. The second-order valence-corrected chi connectivity index (χ2v) is 7.61. The Morgan fingerprint density at radius 3 is 2.38 bits per heavy atom. The van der Waals surface area contributed by atoms with E-state index in [9.17, 15) is 0 Å². The van der Waals surface area contributed by atoms with Gasteiger partial charge in [0.2, 0.25) is 0 Å². The van der Waals surface area contributed by atoms with Crippen molar-refractivity contribution >= 4 is 16.9 Å². The molecule has 0 saturated carbocycles. The molecule has 0 bridgehead atoms. The number of anilines is 1. The van der Waals surface area contributed by atoms with Crippen molar-refractivity contribution in [3.05, 3.63) is 41.2 Å². The highest BCUT2D eigenvalue weighted by Gasteiger charge is 2.18. The molecule has 3 rings (SSSR count). The first-order valence-corrected chi connectivity index (χ1v) is 9.55. The molecule has 0 aliphatic heterocycles. The lowest BCUT2D eigenvalue weighted by Gasteiger charge is -2.15. The highest BCUT2D eigenvalue weighted by Crippen LogP contribution is 2.34. The summed E-state index contributed by atoms with van der Waals surface area (Å²) < 4.78 is 2.14. The van der Waals surface area contributed by atoms with Crippen molar-refractivity contribution in [3.63, 3.8) is 0 Å². The van der Waals surface area contributed by atoms with Crippen LogP contribution in [0.4, 0.5) is 5.82 Å². The predicted octanol–water partition coefficient (Wildman–Crippen LogP) is 5.49. The molecule has 138 valence electrons. The van der Waals surface area contributed by atoms with E-state index >= 15 is 0 Å². The second-order valence-electron chi connectivity index (χ2n) is 7.61. The topological polar surface area (TPSA) is 42.7 Å². The van der Waals surface area contributed by atoms with Crippen LogP contribution in [0.15, 0.2) is 24.4 Å². The van der Waals surface area contributed by atoms with Crippen LogP contribution in [0.3, 0.4) is 0 Å². The average molecular weight is 351 g/mol. The minimum Gasteiger partial charge on any atom is -0.373 e. The van der Waals surface area contributed by atoms with Crippen LogP contribution in [0.1, 0.15) is 63.3 Å². The van der Waals surface area contributed by atoms with E-state index in [0.29, 0.717) is 11.8 Å². The van der Waals surface area contributed by atoms with E-state index in [1.54, 1.807) is 0 Å². The molecule has 0 spiro atoms. The molecular formula is C22H30N4. The molecule has 3 heterocycles. The van der Waals surface area contributed by atoms with Crippen molar-refractivity contribution in [1.29, 1.82) is 0 Å². The van der Waals surface area contributed by atoms with E-state index in [2.05, 4.69) is 75.9 Å². The van der Waals surface area contributed by atoms with Gasteiger partial charge in [0.1, 0.15) is 11.5 Å². The normalized spacial score (nSPS) is 11.7. The van der Waals surface area contributed by atoms with Crippen molar-refractivity contribution in [2.75, 3.05) is 12.4 Å². The number of nitrogens with one attached hydrogen (secondary N) is 1. The summed E-state index contributed by atoms with van der Waals surface area (Å²) in [7, 11) is 4.01. The van der Waals surface area contributed by atoms with Gasteiger partial charge in [-0.1, -0.05) is 34.6 Å². The van der Waals surface area contributed by atoms with Crippen LogP contribution in [0.25, 0.3) is 22.3 Å². The van der Waals surface area contributed by atoms with Crippen LogP contribution in [0.5, 0.6) is 0 Å². The van der Waals surface area contributed by atoms with Gasteiger partial charge in [-0.25, -0.2) is 9.97 Å². The Balaban J connectivity index is 2.26. The molecule has 0 unspecified atom stereocenters. The summed E-state index contributed by atoms with van der Waals surface area (Å²) in [6.07, 6.45) is 3.16. The first-order valence-electron chi connectivity index (χ1n) is 9.55. The largest absolute Gasteiger partial charge is 0.373 e. The van der Waals surface area contributed by atoms with Crippen LogP contribution in [0.2, 0.25) is 0 Å². The minimum atomic E-state index is 0.402. The van der Waals surface area contributed by atoms with E-state index in [4.69, 9.17) is 9.97 Å². The average Bonchev–Trinajstić information content (AvgIpc) is 2.96. The molecule has 1 N–H and O–H groups in total. The number of rotatable bonds is 5. The van der Waals surface area contributed by atoms with Crippen molar-refractivity contribution < 1.29 is 0 Å². The van der Waals surface area contributed by atoms with Gasteiger partial charge in [0.15, 0.2) is 0 Å². The van der Waals surface area contributed by atoms with Gasteiger partial charge in [0, 0.05) is 36.9 Å². The van der Waals surface area contributed by atoms with Crippen LogP contribution < -0.4 is 5.32 Å². The summed E-state index contributed by atoms with van der Waals surface area (Å²) in [6, 6.07) is 6.60. The Hall–Kier alpha value is -2.36. The smallest absolute Gasteiger partial charge is 0.140 e. The van der Waals surface area contributed by atoms with E-state index in [-0.39, 0.29) is 0 Å². The Labute approximate surface area is 156 Å². The van der Waals surface area contributed by atoms with Crippen LogP contribution >= 0.6 is 0 Å². The molecule has 0 radical (unpaired) electrons. The maximum Gasteiger partial charge on any atom is 0.140 e. The summed E-state index contributed by atoms with van der Waals surface area (Å²) in [5, 5.41) is 4.53. The number of nitrogens with zero attached hydrogens (tertiary/aromatic N) is 3. The number of hydrogen-bond donors (Lipinski definition) is 1. The van der Waals surface area contributed by atoms with Gasteiger partial charge in [-0.15, -0.1) is 0 Å². The first kappa shape index (κ1) is 18.4. The molecule has 4 heteroatoms. The van der Waals surface area contributed by atoms with Crippen LogP contribution in [-0.2, 0) is 13.5 Å². The Kier molecular flexibility index (Phi) is 5.03. The summed E-state index contributed by atoms with van der Waals surface area (Å²) >= 11 is 0. The molecule has 0 atom stereocenters. The highest BCUT2D eigenvalue weighted by atomic mass is 15.0. The van der Waals surface area contributed by atoms with Gasteiger partial charge in [-0.3, -0.25) is 0 Å². The number of pyridine rings is 2. The third kappa shape index (κ3) is 3.09. The predicted molar refractivity (Wildman–Crippen MR) is 111 cm³/mol. The molecule has 0 aromatic carbocycles. The Bertz CT molecular complexity index is 935. The fourth-order valence-electron chi connectivity index (χ4n) is 3.51. The van der Waals surface area contributed by atoms with E-state index in [1.807, 2.05) is 7.05 Å². The monoisotopic (exact) mass is 350 g/mol. The summed E-state index contributed by atoms with van der Waals surface area (Å²) in [6.45, 7) is 11.0. The van der Waals surface area contributed by atoms with E-state index in [0.717, 1.165) is 34.8 Å². The minimum absolute atomic E-state index is 0.402. The Morgan fingerprint density at radius 2 is 1.81 bits per heavy atom. The SMILES string of the molecule is CCc1cc2c(C(C)C)cn(C)c2nc1-c1ccc(C(C)C)nc1NC. The fourth-order valence-corrected chi connectivity index (χ4v) is 3.51. The molecule has 26 heavy (non-hydrogen) atoms. The zero-order chi connectivity index (χ0) is 19.0.